The van der Waals surface area contributed by atoms with Crippen molar-refractivity contribution in [2.45, 2.75) is 19.4 Å². The number of benzene rings is 1. The molecule has 1 heterocycles. The summed E-state index contributed by atoms with van der Waals surface area (Å²) in [5.41, 5.74) is 3.35. The van der Waals surface area contributed by atoms with Gasteiger partial charge in [-0.15, -0.1) is 0 Å². The molecule has 0 aliphatic carbocycles. The number of aromatic nitrogens is 2. The van der Waals surface area contributed by atoms with Crippen LogP contribution in [0.15, 0.2) is 24.4 Å². The molecule has 0 saturated heterocycles. The van der Waals surface area contributed by atoms with E-state index < -0.39 is 0 Å². The molecule has 5 heteroatoms. The topological polar surface area (TPSA) is 29.9 Å². The van der Waals surface area contributed by atoms with E-state index in [2.05, 4.69) is 17.3 Å². The molecule has 19 heavy (non-hydrogen) atoms. The Labute approximate surface area is 123 Å². The Morgan fingerprint density at radius 2 is 2.05 bits per heavy atom. The lowest BCUT2D eigenvalue weighted by atomic mass is 9.98. The molecule has 1 N–H and O–H groups in total. The smallest absolute Gasteiger partial charge is 0.0673 e. The highest BCUT2D eigenvalue weighted by Gasteiger charge is 2.18. The molecule has 2 aromatic rings. The van der Waals surface area contributed by atoms with Crippen LogP contribution in [0.1, 0.15) is 29.8 Å². The van der Waals surface area contributed by atoms with E-state index in [-0.39, 0.29) is 6.04 Å². The highest BCUT2D eigenvalue weighted by molar-refractivity contribution is 6.42. The fraction of sp³-hybridized carbons (Fsp3) is 0.357. The predicted molar refractivity (Wildman–Crippen MR) is 80.0 cm³/mol. The Bertz CT molecular complexity index is 578. The summed E-state index contributed by atoms with van der Waals surface area (Å²) in [6.07, 6.45) is 2.94. The van der Waals surface area contributed by atoms with E-state index in [4.69, 9.17) is 23.2 Å². The standard InChI is InChI=1S/C14H17Cl2N3/c1-4-13-10(8-19(3)18-13)14(17-2)9-5-6-11(15)12(16)7-9/h5-8,14,17H,4H2,1-3H3. The third-order valence-corrected chi connectivity index (χ3v) is 3.89. The Hall–Kier alpha value is -1.03. The summed E-state index contributed by atoms with van der Waals surface area (Å²) >= 11 is 12.1. The number of hydrogen-bond acceptors (Lipinski definition) is 2. The van der Waals surface area contributed by atoms with Gasteiger partial charge in [0.25, 0.3) is 0 Å². The minimum Gasteiger partial charge on any atom is -0.309 e. The van der Waals surface area contributed by atoms with Crippen LogP contribution in [0.25, 0.3) is 0 Å². The first-order valence-electron chi connectivity index (χ1n) is 6.21. The minimum atomic E-state index is 0.0680. The van der Waals surface area contributed by atoms with Gasteiger partial charge in [-0.05, 0) is 31.2 Å². The summed E-state index contributed by atoms with van der Waals surface area (Å²) in [6.45, 7) is 2.10. The molecule has 0 fully saturated rings. The molecule has 102 valence electrons. The van der Waals surface area contributed by atoms with Gasteiger partial charge in [-0.2, -0.15) is 5.10 Å². The number of halogens is 2. The largest absolute Gasteiger partial charge is 0.309 e. The molecule has 1 atom stereocenters. The van der Waals surface area contributed by atoms with Crippen molar-refractivity contribution in [1.29, 1.82) is 0 Å². The Morgan fingerprint density at radius 1 is 1.32 bits per heavy atom. The maximum atomic E-state index is 6.10. The average Bonchev–Trinajstić information content (AvgIpc) is 2.76. The minimum absolute atomic E-state index is 0.0680. The van der Waals surface area contributed by atoms with Crippen LogP contribution in [-0.2, 0) is 13.5 Å². The third kappa shape index (κ3) is 2.94. The molecule has 0 spiro atoms. The van der Waals surface area contributed by atoms with E-state index in [1.165, 1.54) is 5.56 Å². The van der Waals surface area contributed by atoms with Crippen molar-refractivity contribution in [3.8, 4) is 0 Å². The van der Waals surface area contributed by atoms with E-state index in [9.17, 15) is 0 Å². The van der Waals surface area contributed by atoms with Crippen LogP contribution in [0.3, 0.4) is 0 Å². The quantitative estimate of drug-likeness (QED) is 0.934. The number of nitrogens with one attached hydrogen (secondary N) is 1. The second-order valence-electron chi connectivity index (χ2n) is 4.45. The van der Waals surface area contributed by atoms with E-state index in [1.54, 1.807) is 0 Å². The molecule has 2 rings (SSSR count). The van der Waals surface area contributed by atoms with Gasteiger partial charge in [0.2, 0.25) is 0 Å². The van der Waals surface area contributed by atoms with Crippen molar-refractivity contribution in [2.24, 2.45) is 7.05 Å². The SMILES string of the molecule is CCc1nn(C)cc1C(NC)c1ccc(Cl)c(Cl)c1. The normalized spacial score (nSPS) is 12.7. The zero-order valence-corrected chi connectivity index (χ0v) is 12.8. The van der Waals surface area contributed by atoms with Crippen LogP contribution in [0.5, 0.6) is 0 Å². The second-order valence-corrected chi connectivity index (χ2v) is 5.27. The van der Waals surface area contributed by atoms with Crippen molar-refractivity contribution in [2.75, 3.05) is 7.05 Å². The number of aryl methyl sites for hydroxylation is 2. The van der Waals surface area contributed by atoms with Crippen LogP contribution < -0.4 is 5.32 Å². The first-order chi connectivity index (χ1) is 9.06. The van der Waals surface area contributed by atoms with Gasteiger partial charge in [0.15, 0.2) is 0 Å². The van der Waals surface area contributed by atoms with E-state index >= 15 is 0 Å². The number of rotatable bonds is 4. The van der Waals surface area contributed by atoms with Crippen molar-refractivity contribution in [3.05, 3.63) is 51.3 Å². The molecular formula is C14H17Cl2N3. The van der Waals surface area contributed by atoms with Gasteiger partial charge in [-0.25, -0.2) is 0 Å². The van der Waals surface area contributed by atoms with Crippen LogP contribution in [0, 0.1) is 0 Å². The molecule has 0 saturated carbocycles. The third-order valence-electron chi connectivity index (χ3n) is 3.15. The summed E-state index contributed by atoms with van der Waals surface area (Å²) < 4.78 is 1.84. The van der Waals surface area contributed by atoms with Crippen LogP contribution in [-0.4, -0.2) is 16.8 Å². The van der Waals surface area contributed by atoms with Crippen LogP contribution in [0.4, 0.5) is 0 Å². The Kier molecular flexibility index (Phi) is 4.50. The van der Waals surface area contributed by atoms with E-state index in [0.717, 1.165) is 17.7 Å². The highest BCUT2D eigenvalue weighted by atomic mass is 35.5. The zero-order chi connectivity index (χ0) is 14.0. The molecule has 0 aliphatic heterocycles. The molecule has 1 aromatic heterocycles. The average molecular weight is 298 g/mol. The van der Waals surface area contributed by atoms with Gasteiger partial charge >= 0.3 is 0 Å². The lowest BCUT2D eigenvalue weighted by Gasteiger charge is -2.17. The zero-order valence-electron chi connectivity index (χ0n) is 11.2. The predicted octanol–water partition coefficient (Wildman–Crippen LogP) is 3.60. The van der Waals surface area contributed by atoms with Crippen molar-refractivity contribution < 1.29 is 0 Å². The van der Waals surface area contributed by atoms with Gasteiger partial charge in [0.05, 0.1) is 21.8 Å². The Morgan fingerprint density at radius 3 is 2.63 bits per heavy atom. The first-order valence-corrected chi connectivity index (χ1v) is 6.97. The molecular weight excluding hydrogens is 281 g/mol. The van der Waals surface area contributed by atoms with Crippen LogP contribution >= 0.6 is 23.2 Å². The molecule has 1 unspecified atom stereocenters. The molecule has 0 radical (unpaired) electrons. The van der Waals surface area contributed by atoms with Crippen molar-refractivity contribution in [3.63, 3.8) is 0 Å². The van der Waals surface area contributed by atoms with Gasteiger partial charge in [-0.3, -0.25) is 4.68 Å². The summed E-state index contributed by atoms with van der Waals surface area (Å²) in [5, 5.41) is 8.94. The van der Waals surface area contributed by atoms with Gasteiger partial charge < -0.3 is 5.32 Å². The summed E-state index contributed by atoms with van der Waals surface area (Å²) in [6, 6.07) is 5.78. The summed E-state index contributed by atoms with van der Waals surface area (Å²) in [4.78, 5) is 0. The van der Waals surface area contributed by atoms with Crippen LogP contribution in [0.2, 0.25) is 10.0 Å². The lowest BCUT2D eigenvalue weighted by Crippen LogP contribution is -2.18. The molecule has 0 amide bonds. The van der Waals surface area contributed by atoms with Gasteiger partial charge in [0.1, 0.15) is 0 Å². The fourth-order valence-corrected chi connectivity index (χ4v) is 2.57. The number of hydrogen-bond donors (Lipinski definition) is 1. The number of nitrogens with zero attached hydrogens (tertiary/aromatic N) is 2. The van der Waals surface area contributed by atoms with Gasteiger partial charge in [-0.1, -0.05) is 36.2 Å². The molecule has 3 nitrogen and oxygen atoms in total. The van der Waals surface area contributed by atoms with E-state index in [1.807, 2.05) is 43.2 Å². The van der Waals surface area contributed by atoms with E-state index in [0.29, 0.717) is 10.0 Å². The van der Waals surface area contributed by atoms with Crippen molar-refractivity contribution in [1.82, 2.24) is 15.1 Å². The second kappa shape index (κ2) is 5.95. The molecule has 0 bridgehead atoms. The van der Waals surface area contributed by atoms with Gasteiger partial charge in [0, 0.05) is 18.8 Å². The fourth-order valence-electron chi connectivity index (χ4n) is 2.26. The maximum absolute atomic E-state index is 6.10. The summed E-state index contributed by atoms with van der Waals surface area (Å²) in [7, 11) is 3.86. The maximum Gasteiger partial charge on any atom is 0.0673 e. The Balaban J connectivity index is 2.46. The molecule has 1 aromatic carbocycles. The van der Waals surface area contributed by atoms with Crippen molar-refractivity contribution >= 4 is 23.2 Å². The summed E-state index contributed by atoms with van der Waals surface area (Å²) in [5.74, 6) is 0. The highest BCUT2D eigenvalue weighted by Crippen LogP contribution is 2.30. The lowest BCUT2D eigenvalue weighted by molar-refractivity contribution is 0.684. The monoisotopic (exact) mass is 297 g/mol. The first kappa shape index (κ1) is 14.4. The molecule has 0 aliphatic rings.